The molecule has 4 N–H and O–H groups in total. The van der Waals surface area contributed by atoms with Crippen molar-refractivity contribution < 1.29 is 58.6 Å². The Morgan fingerprint density at radius 3 is 2.56 bits per heavy atom. The normalized spacial score (nSPS) is 29.7. The Hall–Kier alpha value is -3.68. The number of carboxylic acids is 2. The smallest absolute Gasteiger partial charge is 0.345 e. The van der Waals surface area contributed by atoms with Gasteiger partial charge in [-0.25, -0.2) is 9.59 Å². The highest BCUT2D eigenvalue weighted by atomic mass is 16.6. The summed E-state index contributed by atoms with van der Waals surface area (Å²) in [6, 6.07) is 3.54. The Morgan fingerprint density at radius 2 is 1.90 bits per heavy atom. The highest BCUT2D eigenvalue weighted by Gasteiger charge is 2.72. The maximum absolute atomic E-state index is 12.9. The topological polar surface area (TPSA) is 189 Å². The van der Waals surface area contributed by atoms with E-state index in [1.165, 1.54) is 7.11 Å². The number of carboxylic acid groups (broad SMARTS) is 2. The van der Waals surface area contributed by atoms with E-state index in [0.29, 0.717) is 30.9 Å². The van der Waals surface area contributed by atoms with Gasteiger partial charge in [0.1, 0.15) is 5.76 Å². The van der Waals surface area contributed by atoms with E-state index in [9.17, 15) is 34.5 Å². The molecular weight excluding hydrogens is 518 g/mol. The quantitative estimate of drug-likeness (QED) is 0.296. The van der Waals surface area contributed by atoms with Crippen LogP contribution in [0.1, 0.15) is 36.8 Å². The van der Waals surface area contributed by atoms with Crippen molar-refractivity contribution >= 4 is 23.9 Å². The first-order chi connectivity index (χ1) is 18.4. The minimum absolute atomic E-state index is 0.107. The molecular formula is C26H29NO12. The van der Waals surface area contributed by atoms with Gasteiger partial charge in [0.25, 0.3) is 0 Å². The first kappa shape index (κ1) is 26.9. The van der Waals surface area contributed by atoms with E-state index in [0.717, 1.165) is 11.1 Å². The molecule has 2 unspecified atom stereocenters. The van der Waals surface area contributed by atoms with Crippen molar-refractivity contribution in [3.8, 4) is 11.5 Å². The predicted octanol–water partition coefficient (Wildman–Crippen LogP) is -0.262. The molecule has 2 bridgehead atoms. The number of methoxy groups -OCH3 is 1. The number of nitrogens with zero attached hydrogens (tertiary/aromatic N) is 1. The largest absolute Gasteiger partial charge is 0.493 e. The second-order valence-corrected chi connectivity index (χ2v) is 10.3. The molecule has 1 fully saturated rings. The summed E-state index contributed by atoms with van der Waals surface area (Å²) in [5.74, 6) is -4.62. The number of carbonyl (C=O) groups is 4. The summed E-state index contributed by atoms with van der Waals surface area (Å²) in [6.07, 6.45) is -3.98. The van der Waals surface area contributed by atoms with E-state index in [4.69, 9.17) is 24.1 Å². The van der Waals surface area contributed by atoms with Crippen molar-refractivity contribution in [2.75, 3.05) is 20.7 Å². The number of esters is 2. The molecule has 0 radical (unpaired) electrons. The highest BCUT2D eigenvalue weighted by Crippen LogP contribution is 2.65. The summed E-state index contributed by atoms with van der Waals surface area (Å²) in [5.41, 5.74) is -0.328. The molecule has 4 aliphatic rings. The standard InChI is InChI=1S/C26H29NO12/c1-27-8-7-25-20-12-3-4-14(36-2)21(20)39-22(25)15(5-6-26(25,35)17(27)9-12)37-19(30)11-16(24(33)34)38-18(29)10-13(28)23(31)32/h3-5,13,16-17,22,28,35H,6-11H2,1-2H3,(H,31,32)(H,33,34)/t13?,16?,17-,22+,25+,26-/m1/s1. The van der Waals surface area contributed by atoms with Crippen LogP contribution in [0.5, 0.6) is 11.5 Å². The lowest BCUT2D eigenvalue weighted by Gasteiger charge is -2.61. The second kappa shape index (κ2) is 9.50. The molecule has 5 rings (SSSR count). The lowest BCUT2D eigenvalue weighted by molar-refractivity contribution is -0.174. The lowest BCUT2D eigenvalue weighted by atomic mass is 9.50. The van der Waals surface area contributed by atoms with Gasteiger partial charge in [0, 0.05) is 18.0 Å². The predicted molar refractivity (Wildman–Crippen MR) is 128 cm³/mol. The fourth-order valence-corrected chi connectivity index (χ4v) is 6.54. The molecule has 2 heterocycles. The van der Waals surface area contributed by atoms with Gasteiger partial charge < -0.3 is 44.3 Å². The molecule has 1 spiro atoms. The van der Waals surface area contributed by atoms with Gasteiger partial charge in [-0.3, -0.25) is 9.59 Å². The van der Waals surface area contributed by atoms with Gasteiger partial charge in [-0.1, -0.05) is 6.07 Å². The van der Waals surface area contributed by atoms with Crippen LogP contribution in [0, 0.1) is 0 Å². The molecule has 39 heavy (non-hydrogen) atoms. The van der Waals surface area contributed by atoms with Crippen molar-refractivity contribution in [2.45, 2.75) is 67.5 Å². The van der Waals surface area contributed by atoms with Crippen molar-refractivity contribution in [3.63, 3.8) is 0 Å². The van der Waals surface area contributed by atoms with E-state index >= 15 is 0 Å². The molecule has 2 aliphatic carbocycles. The van der Waals surface area contributed by atoms with E-state index in [1.54, 1.807) is 12.1 Å². The number of carbonyl (C=O) groups excluding carboxylic acids is 2. The van der Waals surface area contributed by atoms with E-state index in [-0.39, 0.29) is 18.2 Å². The minimum Gasteiger partial charge on any atom is -0.493 e. The van der Waals surface area contributed by atoms with Crippen LogP contribution in [0.15, 0.2) is 24.0 Å². The zero-order chi connectivity index (χ0) is 28.3. The van der Waals surface area contributed by atoms with Crippen LogP contribution in [0.2, 0.25) is 0 Å². The van der Waals surface area contributed by atoms with Gasteiger partial charge >= 0.3 is 23.9 Å². The van der Waals surface area contributed by atoms with E-state index < -0.39 is 66.0 Å². The van der Waals surface area contributed by atoms with Crippen LogP contribution in [0.4, 0.5) is 0 Å². The van der Waals surface area contributed by atoms with Gasteiger partial charge in [0.2, 0.25) is 6.10 Å². The van der Waals surface area contributed by atoms with Crippen LogP contribution in [-0.4, -0.2) is 99.9 Å². The number of hydrogen-bond donors (Lipinski definition) is 4. The monoisotopic (exact) mass is 547 g/mol. The molecule has 6 atom stereocenters. The third kappa shape index (κ3) is 4.03. The molecule has 2 aliphatic heterocycles. The Bertz CT molecular complexity index is 1280. The Kier molecular flexibility index (Phi) is 6.56. The molecule has 1 aromatic rings. The van der Waals surface area contributed by atoms with Gasteiger partial charge in [-0.15, -0.1) is 0 Å². The summed E-state index contributed by atoms with van der Waals surface area (Å²) in [6.45, 7) is 0.656. The minimum atomic E-state index is -2.08. The maximum Gasteiger partial charge on any atom is 0.345 e. The molecule has 1 aromatic carbocycles. The van der Waals surface area contributed by atoms with Crippen molar-refractivity contribution in [3.05, 3.63) is 35.1 Å². The van der Waals surface area contributed by atoms with Gasteiger partial charge in [-0.05, 0) is 44.1 Å². The van der Waals surface area contributed by atoms with Crippen LogP contribution in [0.3, 0.4) is 0 Å². The number of rotatable bonds is 9. The Labute approximate surface area is 222 Å². The van der Waals surface area contributed by atoms with Gasteiger partial charge in [0.05, 0.1) is 31.0 Å². The number of aliphatic hydroxyl groups is 2. The third-order valence-electron chi connectivity index (χ3n) is 8.34. The fourth-order valence-electron chi connectivity index (χ4n) is 6.54. The molecule has 13 nitrogen and oxygen atoms in total. The van der Waals surface area contributed by atoms with Crippen LogP contribution in [0.25, 0.3) is 0 Å². The summed E-state index contributed by atoms with van der Waals surface area (Å²) >= 11 is 0. The molecule has 0 saturated carbocycles. The van der Waals surface area contributed by atoms with Gasteiger partial charge in [-0.2, -0.15) is 0 Å². The zero-order valence-corrected chi connectivity index (χ0v) is 21.3. The molecule has 210 valence electrons. The van der Waals surface area contributed by atoms with Crippen LogP contribution < -0.4 is 9.47 Å². The number of piperidine rings is 1. The highest BCUT2D eigenvalue weighted by molar-refractivity contribution is 5.85. The third-order valence-corrected chi connectivity index (χ3v) is 8.34. The number of hydrogen-bond acceptors (Lipinski definition) is 11. The average molecular weight is 548 g/mol. The van der Waals surface area contributed by atoms with E-state index in [1.807, 2.05) is 13.1 Å². The zero-order valence-electron chi connectivity index (χ0n) is 21.3. The van der Waals surface area contributed by atoms with Crippen LogP contribution >= 0.6 is 0 Å². The molecule has 0 amide bonds. The first-order valence-corrected chi connectivity index (χ1v) is 12.5. The number of benzene rings is 1. The second-order valence-electron chi connectivity index (χ2n) is 10.3. The summed E-state index contributed by atoms with van der Waals surface area (Å²) < 4.78 is 22.2. The number of likely N-dealkylation sites (N-methyl/N-ethyl adjacent to an activating group) is 1. The summed E-state index contributed by atoms with van der Waals surface area (Å²) in [4.78, 5) is 49.3. The van der Waals surface area contributed by atoms with Crippen molar-refractivity contribution in [1.29, 1.82) is 0 Å². The van der Waals surface area contributed by atoms with Gasteiger partial charge in [0.15, 0.2) is 23.7 Å². The molecule has 0 aromatic heterocycles. The van der Waals surface area contributed by atoms with Crippen molar-refractivity contribution in [1.82, 2.24) is 4.90 Å². The fraction of sp³-hybridized carbons (Fsp3) is 0.538. The average Bonchev–Trinajstić information content (AvgIpc) is 3.23. The first-order valence-electron chi connectivity index (χ1n) is 12.5. The number of aliphatic carboxylic acids is 2. The molecule has 13 heteroatoms. The Balaban J connectivity index is 1.40. The van der Waals surface area contributed by atoms with E-state index in [2.05, 4.69) is 4.90 Å². The number of likely N-dealkylation sites (tertiary alicyclic amines) is 1. The number of aliphatic hydroxyl groups excluding tert-OH is 1. The number of ether oxygens (including phenoxy) is 4. The lowest BCUT2D eigenvalue weighted by Crippen LogP contribution is -2.74. The van der Waals surface area contributed by atoms with Crippen LogP contribution in [-0.2, 0) is 40.5 Å². The Morgan fingerprint density at radius 1 is 1.15 bits per heavy atom. The summed E-state index contributed by atoms with van der Waals surface area (Å²) in [7, 11) is 3.46. The summed E-state index contributed by atoms with van der Waals surface area (Å²) in [5, 5.41) is 39.6. The van der Waals surface area contributed by atoms with Crippen molar-refractivity contribution in [2.24, 2.45) is 0 Å². The maximum atomic E-state index is 12.9. The SMILES string of the molecule is COc1ccc2c3c1O[C@H]1C(OC(=O)CC(OC(=O)CC(O)C(=O)O)C(=O)O)=CC[C@@]4(O)[C@@H](C2)N(C)CC[C@]314. The molecule has 1 saturated heterocycles.